The van der Waals surface area contributed by atoms with Gasteiger partial charge >= 0.3 is 0 Å². The molecule has 186 valence electrons. The van der Waals surface area contributed by atoms with Crippen molar-refractivity contribution in [1.82, 2.24) is 14.8 Å². The van der Waals surface area contributed by atoms with Crippen LogP contribution in [0.5, 0.6) is 0 Å². The van der Waals surface area contributed by atoms with Gasteiger partial charge in [-0.25, -0.2) is 0 Å². The van der Waals surface area contributed by atoms with E-state index in [2.05, 4.69) is 34.5 Å². The molecule has 0 saturated carbocycles. The summed E-state index contributed by atoms with van der Waals surface area (Å²) in [5.74, 6) is 0.732. The standard InChI is InChI=1S/C28H30N4O3S/c1-32-18-30-31-28(32)36-17-25-14-26(21-10-8-19(16-33)9-11-21)35-27(34-25)24-7-3-6-23(13-24)22-5-2-4-20(12-22)15-29/h2-13,18,25-27,33H,14-17,29H2,1H3. The number of hydrogen-bond donors (Lipinski definition) is 2. The molecule has 3 unspecified atom stereocenters. The van der Waals surface area contributed by atoms with Crippen LogP contribution in [0.2, 0.25) is 0 Å². The first-order valence-electron chi connectivity index (χ1n) is 12.0. The Morgan fingerprint density at radius 3 is 2.47 bits per heavy atom. The molecular weight excluding hydrogens is 472 g/mol. The largest absolute Gasteiger partial charge is 0.392 e. The Morgan fingerprint density at radius 2 is 1.75 bits per heavy atom. The maximum atomic E-state index is 9.43. The summed E-state index contributed by atoms with van der Waals surface area (Å²) in [6.07, 6.45) is 1.73. The molecule has 7 nitrogen and oxygen atoms in total. The first kappa shape index (κ1) is 24.7. The van der Waals surface area contributed by atoms with Crippen LogP contribution < -0.4 is 5.73 Å². The van der Waals surface area contributed by atoms with Crippen molar-refractivity contribution in [3.63, 3.8) is 0 Å². The van der Waals surface area contributed by atoms with Gasteiger partial charge in [-0.3, -0.25) is 0 Å². The first-order chi connectivity index (χ1) is 17.6. The lowest BCUT2D eigenvalue weighted by molar-refractivity contribution is -0.245. The van der Waals surface area contributed by atoms with Gasteiger partial charge in [0.05, 0.1) is 18.8 Å². The van der Waals surface area contributed by atoms with Gasteiger partial charge in [0, 0.05) is 31.3 Å². The van der Waals surface area contributed by atoms with Gasteiger partial charge in [0.15, 0.2) is 11.4 Å². The summed E-state index contributed by atoms with van der Waals surface area (Å²) in [6, 6.07) is 24.5. The van der Waals surface area contributed by atoms with Crippen molar-refractivity contribution in [2.24, 2.45) is 12.8 Å². The summed E-state index contributed by atoms with van der Waals surface area (Å²) in [6.45, 7) is 0.524. The van der Waals surface area contributed by atoms with Crippen LogP contribution in [0, 0.1) is 0 Å². The number of benzene rings is 3. The second-order valence-electron chi connectivity index (χ2n) is 8.92. The van der Waals surface area contributed by atoms with Gasteiger partial charge in [0.1, 0.15) is 6.33 Å². The molecule has 0 amide bonds. The van der Waals surface area contributed by atoms with Crippen LogP contribution in [0.15, 0.2) is 84.3 Å². The Kier molecular flexibility index (Phi) is 7.79. The summed E-state index contributed by atoms with van der Waals surface area (Å²) in [4.78, 5) is 0. The summed E-state index contributed by atoms with van der Waals surface area (Å²) in [5, 5.41) is 18.5. The maximum absolute atomic E-state index is 9.43. The molecule has 1 aliphatic heterocycles. The number of nitrogens with two attached hydrogens (primary N) is 1. The normalized spacial score (nSPS) is 19.9. The molecule has 3 N–H and O–H groups in total. The monoisotopic (exact) mass is 502 g/mol. The topological polar surface area (TPSA) is 95.4 Å². The lowest BCUT2D eigenvalue weighted by Crippen LogP contribution is -2.31. The van der Waals surface area contributed by atoms with E-state index >= 15 is 0 Å². The Morgan fingerprint density at radius 1 is 0.972 bits per heavy atom. The highest BCUT2D eigenvalue weighted by Gasteiger charge is 2.32. The number of hydrogen-bond acceptors (Lipinski definition) is 7. The number of thioether (sulfide) groups is 1. The molecule has 0 spiro atoms. The van der Waals surface area contributed by atoms with E-state index in [9.17, 15) is 5.11 Å². The second kappa shape index (κ2) is 11.4. The molecule has 3 aromatic carbocycles. The van der Waals surface area contributed by atoms with Crippen molar-refractivity contribution >= 4 is 11.8 Å². The number of aryl methyl sites for hydroxylation is 1. The molecule has 0 radical (unpaired) electrons. The Bertz CT molecular complexity index is 1290. The third-order valence-corrected chi connectivity index (χ3v) is 7.50. The summed E-state index contributed by atoms with van der Waals surface area (Å²) in [7, 11) is 1.94. The lowest BCUT2D eigenvalue weighted by atomic mass is 9.99. The summed E-state index contributed by atoms with van der Waals surface area (Å²) in [5.41, 5.74) is 12.1. The van der Waals surface area contributed by atoms with E-state index in [-0.39, 0.29) is 18.8 Å². The molecule has 36 heavy (non-hydrogen) atoms. The van der Waals surface area contributed by atoms with E-state index in [1.165, 1.54) is 0 Å². The van der Waals surface area contributed by atoms with E-state index in [0.717, 1.165) is 50.7 Å². The highest BCUT2D eigenvalue weighted by Crippen LogP contribution is 2.40. The molecular formula is C28H30N4O3S. The third-order valence-electron chi connectivity index (χ3n) is 6.34. The predicted molar refractivity (Wildman–Crippen MR) is 140 cm³/mol. The molecule has 8 heteroatoms. The van der Waals surface area contributed by atoms with E-state index in [4.69, 9.17) is 15.2 Å². The fourth-order valence-electron chi connectivity index (χ4n) is 4.34. The minimum absolute atomic E-state index is 0.0205. The van der Waals surface area contributed by atoms with Crippen molar-refractivity contribution in [2.45, 2.75) is 43.2 Å². The number of aliphatic hydroxyl groups excluding tert-OH is 1. The molecule has 5 rings (SSSR count). The molecule has 3 atom stereocenters. The quantitative estimate of drug-likeness (QED) is 0.335. The van der Waals surface area contributed by atoms with Gasteiger partial charge in [-0.05, 0) is 39.9 Å². The van der Waals surface area contributed by atoms with E-state index in [1.54, 1.807) is 18.1 Å². The molecule has 1 saturated heterocycles. The fourth-order valence-corrected chi connectivity index (χ4v) is 5.24. The highest BCUT2D eigenvalue weighted by atomic mass is 32.2. The van der Waals surface area contributed by atoms with Gasteiger partial charge in [0.25, 0.3) is 0 Å². The van der Waals surface area contributed by atoms with Crippen LogP contribution in [0.4, 0.5) is 0 Å². The third kappa shape index (κ3) is 5.69. The number of ether oxygens (including phenoxy) is 2. The minimum atomic E-state index is -0.510. The zero-order valence-electron chi connectivity index (χ0n) is 20.2. The lowest BCUT2D eigenvalue weighted by Gasteiger charge is -2.36. The Labute approximate surface area is 215 Å². The van der Waals surface area contributed by atoms with Crippen LogP contribution >= 0.6 is 11.8 Å². The van der Waals surface area contributed by atoms with Crippen LogP contribution in [0.3, 0.4) is 0 Å². The van der Waals surface area contributed by atoms with E-state index < -0.39 is 6.29 Å². The van der Waals surface area contributed by atoms with Crippen LogP contribution in [-0.4, -0.2) is 31.7 Å². The smallest absolute Gasteiger partial charge is 0.190 e. The van der Waals surface area contributed by atoms with Crippen LogP contribution in [0.25, 0.3) is 11.1 Å². The van der Waals surface area contributed by atoms with Crippen molar-refractivity contribution < 1.29 is 14.6 Å². The fraction of sp³-hybridized carbons (Fsp3) is 0.286. The molecule has 0 aliphatic carbocycles. The van der Waals surface area contributed by atoms with Crippen molar-refractivity contribution in [1.29, 1.82) is 0 Å². The van der Waals surface area contributed by atoms with Gasteiger partial charge in [0.2, 0.25) is 0 Å². The zero-order valence-corrected chi connectivity index (χ0v) is 21.0. The van der Waals surface area contributed by atoms with Gasteiger partial charge < -0.3 is 24.9 Å². The van der Waals surface area contributed by atoms with Crippen molar-refractivity contribution in [3.05, 3.63) is 101 Å². The predicted octanol–water partition coefficient (Wildman–Crippen LogP) is 4.77. The summed E-state index contributed by atoms with van der Waals surface area (Å²) < 4.78 is 14.9. The highest BCUT2D eigenvalue weighted by molar-refractivity contribution is 7.99. The minimum Gasteiger partial charge on any atom is -0.392 e. The molecule has 4 aromatic rings. The summed E-state index contributed by atoms with van der Waals surface area (Å²) >= 11 is 1.63. The first-order valence-corrected chi connectivity index (χ1v) is 13.0. The van der Waals surface area contributed by atoms with Gasteiger partial charge in [-0.15, -0.1) is 10.2 Å². The second-order valence-corrected chi connectivity index (χ2v) is 9.90. The average Bonchev–Trinajstić information content (AvgIpc) is 3.36. The molecule has 1 fully saturated rings. The molecule has 2 heterocycles. The SMILES string of the molecule is Cn1cnnc1SCC1CC(c2ccc(CO)cc2)OC(c2cccc(-c3cccc(CN)c3)c2)O1. The Hall–Kier alpha value is -3.01. The van der Waals surface area contributed by atoms with Crippen molar-refractivity contribution in [2.75, 3.05) is 5.75 Å². The number of rotatable bonds is 8. The number of aromatic nitrogens is 3. The Balaban J connectivity index is 1.41. The molecule has 1 aliphatic rings. The maximum Gasteiger partial charge on any atom is 0.190 e. The van der Waals surface area contributed by atoms with Crippen LogP contribution in [-0.2, 0) is 29.7 Å². The number of aliphatic hydroxyl groups is 1. The number of nitrogens with zero attached hydrogens (tertiary/aromatic N) is 3. The van der Waals surface area contributed by atoms with E-state index in [1.807, 2.05) is 60.1 Å². The van der Waals surface area contributed by atoms with Crippen LogP contribution in [0.1, 0.15) is 41.1 Å². The van der Waals surface area contributed by atoms with E-state index in [0.29, 0.717) is 6.54 Å². The average molecular weight is 503 g/mol. The molecule has 0 bridgehead atoms. The molecule has 1 aromatic heterocycles. The zero-order chi connectivity index (χ0) is 24.9. The van der Waals surface area contributed by atoms with Gasteiger partial charge in [-0.2, -0.15) is 0 Å². The van der Waals surface area contributed by atoms with Gasteiger partial charge in [-0.1, -0.05) is 72.4 Å². The van der Waals surface area contributed by atoms with Crippen molar-refractivity contribution in [3.8, 4) is 11.1 Å².